The highest BCUT2D eigenvalue weighted by atomic mass is 16.5. The summed E-state index contributed by atoms with van der Waals surface area (Å²) >= 11 is 0. The van der Waals surface area contributed by atoms with Crippen LogP contribution in [0.15, 0.2) is 12.1 Å². The zero-order valence-electron chi connectivity index (χ0n) is 8.15. The van der Waals surface area contributed by atoms with Gasteiger partial charge >= 0.3 is 0 Å². The average molecular weight is 200 g/mol. The Morgan fingerprint density at radius 3 is 2.67 bits per heavy atom. The van der Waals surface area contributed by atoms with Crippen molar-refractivity contribution in [3.63, 3.8) is 0 Å². The molecule has 0 aliphatic rings. The number of hydrogen-bond donors (Lipinski definition) is 0. The maximum atomic E-state index is 10.7. The van der Waals surface area contributed by atoms with Gasteiger partial charge in [-0.05, 0) is 17.7 Å². The van der Waals surface area contributed by atoms with Crippen molar-refractivity contribution in [1.29, 1.82) is 10.5 Å². The summed E-state index contributed by atoms with van der Waals surface area (Å²) in [5.41, 5.74) is 1.20. The van der Waals surface area contributed by atoms with Crippen LogP contribution in [0.5, 0.6) is 5.75 Å². The minimum atomic E-state index is 0.166. The van der Waals surface area contributed by atoms with Crippen LogP contribution in [0.3, 0.4) is 0 Å². The minimum absolute atomic E-state index is 0.166. The van der Waals surface area contributed by atoms with E-state index >= 15 is 0 Å². The molecule has 15 heavy (non-hydrogen) atoms. The molecule has 0 saturated carbocycles. The summed E-state index contributed by atoms with van der Waals surface area (Å²) in [6, 6.07) is 6.99. The Balaban J connectivity index is 3.38. The molecule has 0 saturated heterocycles. The van der Waals surface area contributed by atoms with E-state index in [9.17, 15) is 4.79 Å². The summed E-state index contributed by atoms with van der Waals surface area (Å²) in [6.45, 7) is 0. The Kier molecular flexibility index (Phi) is 3.43. The highest BCUT2D eigenvalue weighted by Gasteiger charge is 2.10. The molecule has 0 N–H and O–H groups in total. The first kappa shape index (κ1) is 10.7. The predicted molar refractivity (Wildman–Crippen MR) is 52.4 cm³/mol. The highest BCUT2D eigenvalue weighted by molar-refractivity contribution is 5.81. The van der Waals surface area contributed by atoms with Crippen LogP contribution in [0.2, 0.25) is 0 Å². The molecule has 1 aromatic rings. The van der Waals surface area contributed by atoms with Crippen LogP contribution in [-0.2, 0) is 6.42 Å². The topological polar surface area (TPSA) is 73.9 Å². The van der Waals surface area contributed by atoms with Gasteiger partial charge in [0.05, 0.1) is 30.7 Å². The van der Waals surface area contributed by atoms with Crippen LogP contribution < -0.4 is 4.74 Å². The van der Waals surface area contributed by atoms with E-state index in [0.29, 0.717) is 17.4 Å². The molecule has 1 rings (SSSR count). The van der Waals surface area contributed by atoms with Gasteiger partial charge in [-0.25, -0.2) is 0 Å². The zero-order valence-corrected chi connectivity index (χ0v) is 8.15. The number of nitrogens with zero attached hydrogens (tertiary/aromatic N) is 2. The van der Waals surface area contributed by atoms with Gasteiger partial charge in [-0.15, -0.1) is 0 Å². The molecule has 0 atom stereocenters. The summed E-state index contributed by atoms with van der Waals surface area (Å²) < 4.78 is 4.95. The Morgan fingerprint density at radius 2 is 2.20 bits per heavy atom. The van der Waals surface area contributed by atoms with E-state index in [-0.39, 0.29) is 17.7 Å². The Hall–Kier alpha value is -2.33. The van der Waals surface area contributed by atoms with Crippen molar-refractivity contribution in [2.24, 2.45) is 0 Å². The second-order valence-electron chi connectivity index (χ2n) is 2.83. The second kappa shape index (κ2) is 4.78. The van der Waals surface area contributed by atoms with Crippen molar-refractivity contribution in [2.75, 3.05) is 7.11 Å². The summed E-state index contributed by atoms with van der Waals surface area (Å²) in [5.74, 6) is 0.259. The number of nitriles is 2. The Morgan fingerprint density at radius 1 is 1.47 bits per heavy atom. The fourth-order valence-electron chi connectivity index (χ4n) is 1.31. The Bertz CT molecular complexity index is 467. The molecule has 0 unspecified atom stereocenters. The lowest BCUT2D eigenvalue weighted by Crippen LogP contribution is -1.97. The van der Waals surface area contributed by atoms with Gasteiger partial charge < -0.3 is 4.74 Å². The second-order valence-corrected chi connectivity index (χ2v) is 2.83. The van der Waals surface area contributed by atoms with Crippen LogP contribution >= 0.6 is 0 Å². The quantitative estimate of drug-likeness (QED) is 0.692. The number of hydrogen-bond acceptors (Lipinski definition) is 4. The molecule has 0 aromatic heterocycles. The summed E-state index contributed by atoms with van der Waals surface area (Å²) in [4.78, 5) is 10.7. The average Bonchev–Trinajstić information content (AvgIpc) is 2.28. The third-order valence-corrected chi connectivity index (χ3v) is 1.91. The van der Waals surface area contributed by atoms with E-state index < -0.39 is 0 Å². The first-order valence-corrected chi connectivity index (χ1v) is 4.20. The number of rotatable bonds is 3. The third-order valence-electron chi connectivity index (χ3n) is 1.91. The van der Waals surface area contributed by atoms with E-state index in [0.717, 1.165) is 0 Å². The lowest BCUT2D eigenvalue weighted by atomic mass is 10.0. The van der Waals surface area contributed by atoms with E-state index in [1.165, 1.54) is 7.11 Å². The number of aldehydes is 1. The lowest BCUT2D eigenvalue weighted by Gasteiger charge is -2.07. The van der Waals surface area contributed by atoms with Crippen molar-refractivity contribution < 1.29 is 9.53 Å². The number of ether oxygens (including phenoxy) is 1. The predicted octanol–water partition coefficient (Wildman–Crippen LogP) is 1.45. The molecule has 0 bridgehead atoms. The molecule has 4 nitrogen and oxygen atoms in total. The number of benzene rings is 1. The van der Waals surface area contributed by atoms with Gasteiger partial charge in [0.25, 0.3) is 0 Å². The smallest absolute Gasteiger partial charge is 0.153 e. The summed E-state index contributed by atoms with van der Waals surface area (Å²) in [6.07, 6.45) is 0.778. The first-order chi connectivity index (χ1) is 7.26. The molecule has 0 fully saturated rings. The van der Waals surface area contributed by atoms with Crippen LogP contribution in [0.4, 0.5) is 0 Å². The summed E-state index contributed by atoms with van der Waals surface area (Å²) in [7, 11) is 1.40. The largest absolute Gasteiger partial charge is 0.495 e. The zero-order chi connectivity index (χ0) is 11.3. The van der Waals surface area contributed by atoms with Crippen molar-refractivity contribution in [2.45, 2.75) is 6.42 Å². The van der Waals surface area contributed by atoms with Crippen LogP contribution in [0.1, 0.15) is 21.5 Å². The van der Waals surface area contributed by atoms with Crippen LogP contribution in [0.25, 0.3) is 0 Å². The fourth-order valence-corrected chi connectivity index (χ4v) is 1.31. The van der Waals surface area contributed by atoms with E-state index in [2.05, 4.69) is 0 Å². The monoisotopic (exact) mass is 200 g/mol. The van der Waals surface area contributed by atoms with Crippen molar-refractivity contribution >= 4 is 6.29 Å². The number of carbonyl (C=O) groups is 1. The van der Waals surface area contributed by atoms with Gasteiger partial charge in [-0.2, -0.15) is 10.5 Å². The number of methoxy groups -OCH3 is 1. The molecule has 4 heteroatoms. The molecular formula is C11H8N2O2. The molecule has 0 spiro atoms. The molecule has 0 heterocycles. The third kappa shape index (κ3) is 2.12. The molecule has 0 radical (unpaired) electrons. The van der Waals surface area contributed by atoms with Gasteiger partial charge in [0.15, 0.2) is 6.29 Å². The van der Waals surface area contributed by atoms with Gasteiger partial charge in [0.1, 0.15) is 11.8 Å². The molecule has 0 amide bonds. The first-order valence-electron chi connectivity index (χ1n) is 4.20. The number of carbonyl (C=O) groups excluding carboxylic acids is 1. The van der Waals surface area contributed by atoms with Gasteiger partial charge in [0.2, 0.25) is 0 Å². The SMILES string of the molecule is COc1c(C#N)cc(CC#N)cc1C=O. The molecule has 74 valence electrons. The van der Waals surface area contributed by atoms with E-state index in [1.807, 2.05) is 12.1 Å². The van der Waals surface area contributed by atoms with Crippen molar-refractivity contribution in [3.05, 3.63) is 28.8 Å². The van der Waals surface area contributed by atoms with Crippen molar-refractivity contribution in [1.82, 2.24) is 0 Å². The molecular weight excluding hydrogens is 192 g/mol. The van der Waals surface area contributed by atoms with Crippen LogP contribution in [0, 0.1) is 22.7 Å². The lowest BCUT2D eigenvalue weighted by molar-refractivity contribution is 0.112. The summed E-state index contributed by atoms with van der Waals surface area (Å²) in [5, 5.41) is 17.4. The van der Waals surface area contributed by atoms with E-state index in [4.69, 9.17) is 15.3 Å². The van der Waals surface area contributed by atoms with Crippen LogP contribution in [-0.4, -0.2) is 13.4 Å². The van der Waals surface area contributed by atoms with Crippen molar-refractivity contribution in [3.8, 4) is 17.9 Å². The van der Waals surface area contributed by atoms with Gasteiger partial charge in [0, 0.05) is 0 Å². The highest BCUT2D eigenvalue weighted by Crippen LogP contribution is 2.24. The van der Waals surface area contributed by atoms with E-state index in [1.54, 1.807) is 12.1 Å². The Labute approximate surface area is 87.3 Å². The molecule has 0 aliphatic heterocycles. The van der Waals surface area contributed by atoms with Gasteiger partial charge in [-0.1, -0.05) is 0 Å². The maximum absolute atomic E-state index is 10.7. The normalized spacial score (nSPS) is 8.73. The molecule has 0 aliphatic carbocycles. The minimum Gasteiger partial charge on any atom is -0.495 e. The maximum Gasteiger partial charge on any atom is 0.153 e. The van der Waals surface area contributed by atoms with Gasteiger partial charge in [-0.3, -0.25) is 4.79 Å². The fraction of sp³-hybridized carbons (Fsp3) is 0.182. The standard InChI is InChI=1S/C11H8N2O2/c1-15-11-9(6-13)4-8(2-3-12)5-10(11)7-14/h4-5,7H,2H2,1H3. The molecule has 1 aromatic carbocycles.